The van der Waals surface area contributed by atoms with Crippen molar-refractivity contribution in [3.63, 3.8) is 0 Å². The first-order valence-corrected chi connectivity index (χ1v) is 6.31. The molecule has 1 nitrogen and oxygen atoms in total. The minimum atomic E-state index is 0.434. The number of allylic oxidation sites excluding steroid dienone is 2. The van der Waals surface area contributed by atoms with Gasteiger partial charge in [-0.2, -0.15) is 0 Å². The highest BCUT2D eigenvalue weighted by Gasteiger charge is 2.31. The van der Waals surface area contributed by atoms with E-state index in [1.165, 1.54) is 19.3 Å². The van der Waals surface area contributed by atoms with Gasteiger partial charge in [0.25, 0.3) is 0 Å². The maximum Gasteiger partial charge on any atom is 0.00892 e. The third kappa shape index (κ3) is 2.93. The van der Waals surface area contributed by atoms with Gasteiger partial charge in [0.1, 0.15) is 0 Å². The first-order chi connectivity index (χ1) is 7.07. The van der Waals surface area contributed by atoms with Gasteiger partial charge in [0.15, 0.2) is 0 Å². The van der Waals surface area contributed by atoms with Crippen LogP contribution in [0.4, 0.5) is 0 Å². The van der Waals surface area contributed by atoms with E-state index in [9.17, 15) is 0 Å². The van der Waals surface area contributed by atoms with Crippen LogP contribution < -0.4 is 0 Å². The normalized spacial score (nSPS) is 28.3. The lowest BCUT2D eigenvalue weighted by Gasteiger charge is -2.37. The highest BCUT2D eigenvalue weighted by molar-refractivity contribution is 5.81. The molecule has 4 unspecified atom stereocenters. The van der Waals surface area contributed by atoms with Gasteiger partial charge in [-0.1, -0.05) is 45.8 Å². The number of hydrogen-bond donors (Lipinski definition) is 1. The van der Waals surface area contributed by atoms with E-state index in [2.05, 4.69) is 32.9 Å². The summed E-state index contributed by atoms with van der Waals surface area (Å²) >= 11 is 0. The van der Waals surface area contributed by atoms with Crippen molar-refractivity contribution in [1.82, 2.24) is 0 Å². The van der Waals surface area contributed by atoms with Crippen LogP contribution in [-0.4, -0.2) is 5.71 Å². The number of unbranched alkanes of at least 4 members (excludes halogenated alkanes) is 1. The molecule has 0 saturated heterocycles. The minimum absolute atomic E-state index is 0.434. The predicted molar refractivity (Wildman–Crippen MR) is 67.4 cm³/mol. The van der Waals surface area contributed by atoms with Crippen molar-refractivity contribution >= 4 is 5.71 Å². The maximum absolute atomic E-state index is 7.70. The second-order valence-corrected chi connectivity index (χ2v) is 5.10. The standard InChI is InChI=1S/C14H25N/c1-5-6-7-13-8-9-14(13)11(3)10(2)12(4)15/h8-11,13-15H,5-7H2,1-4H3. The third-order valence-corrected chi connectivity index (χ3v) is 4.04. The molecular formula is C14H25N. The first-order valence-electron chi connectivity index (χ1n) is 6.31. The van der Waals surface area contributed by atoms with Crippen molar-refractivity contribution in [3.05, 3.63) is 12.2 Å². The molecule has 4 atom stereocenters. The lowest BCUT2D eigenvalue weighted by molar-refractivity contribution is 0.256. The van der Waals surface area contributed by atoms with Crippen LogP contribution in [0.2, 0.25) is 0 Å². The Kier molecular flexibility index (Phi) is 4.56. The average Bonchev–Trinajstić information content (AvgIpc) is 2.15. The lowest BCUT2D eigenvalue weighted by atomic mass is 9.68. The van der Waals surface area contributed by atoms with E-state index in [1.807, 2.05) is 6.92 Å². The van der Waals surface area contributed by atoms with Crippen LogP contribution in [0, 0.1) is 29.1 Å². The molecule has 0 aromatic carbocycles. The zero-order chi connectivity index (χ0) is 11.4. The molecule has 0 saturated carbocycles. The lowest BCUT2D eigenvalue weighted by Crippen LogP contribution is -2.31. The summed E-state index contributed by atoms with van der Waals surface area (Å²) in [6.07, 6.45) is 8.69. The van der Waals surface area contributed by atoms with Crippen LogP contribution >= 0.6 is 0 Å². The number of nitrogens with one attached hydrogen (secondary N) is 1. The van der Waals surface area contributed by atoms with Crippen LogP contribution in [0.1, 0.15) is 47.0 Å². The fourth-order valence-corrected chi connectivity index (χ4v) is 2.42. The van der Waals surface area contributed by atoms with E-state index < -0.39 is 0 Å². The molecular weight excluding hydrogens is 182 g/mol. The van der Waals surface area contributed by atoms with Crippen LogP contribution in [0.25, 0.3) is 0 Å². The summed E-state index contributed by atoms with van der Waals surface area (Å²) in [6, 6.07) is 0. The van der Waals surface area contributed by atoms with Gasteiger partial charge in [-0.05, 0) is 37.0 Å². The molecule has 0 amide bonds. The van der Waals surface area contributed by atoms with Gasteiger partial charge in [-0.3, -0.25) is 0 Å². The van der Waals surface area contributed by atoms with E-state index >= 15 is 0 Å². The Hall–Kier alpha value is -0.590. The molecule has 15 heavy (non-hydrogen) atoms. The van der Waals surface area contributed by atoms with Crippen molar-refractivity contribution in [1.29, 1.82) is 5.41 Å². The molecule has 1 aliphatic carbocycles. The molecule has 0 heterocycles. The zero-order valence-electron chi connectivity index (χ0n) is 10.6. The molecule has 86 valence electrons. The molecule has 1 heteroatoms. The van der Waals surface area contributed by atoms with Gasteiger partial charge in [0.05, 0.1) is 0 Å². The van der Waals surface area contributed by atoms with Gasteiger partial charge >= 0.3 is 0 Å². The number of hydrogen-bond acceptors (Lipinski definition) is 1. The van der Waals surface area contributed by atoms with Gasteiger partial charge < -0.3 is 5.41 Å². The topological polar surface area (TPSA) is 23.9 Å². The fourth-order valence-electron chi connectivity index (χ4n) is 2.42. The van der Waals surface area contributed by atoms with Crippen LogP contribution in [-0.2, 0) is 0 Å². The SMILES string of the molecule is CCCCC1C=CC1C(C)C(C)C(C)=N. The van der Waals surface area contributed by atoms with E-state index in [4.69, 9.17) is 5.41 Å². The van der Waals surface area contributed by atoms with Crippen LogP contribution in [0.15, 0.2) is 12.2 Å². The van der Waals surface area contributed by atoms with E-state index in [0.717, 1.165) is 17.5 Å². The predicted octanol–water partition coefficient (Wildman–Crippen LogP) is 4.29. The molecule has 0 radical (unpaired) electrons. The highest BCUT2D eigenvalue weighted by atomic mass is 14.5. The summed E-state index contributed by atoms with van der Waals surface area (Å²) in [7, 11) is 0. The molecule has 0 bridgehead atoms. The van der Waals surface area contributed by atoms with E-state index in [1.54, 1.807) is 0 Å². The van der Waals surface area contributed by atoms with E-state index in [0.29, 0.717) is 11.8 Å². The molecule has 0 aromatic heterocycles. The summed E-state index contributed by atoms with van der Waals surface area (Å²) in [5, 5.41) is 7.70. The summed E-state index contributed by atoms with van der Waals surface area (Å²) in [5.41, 5.74) is 0.831. The molecule has 0 fully saturated rings. The molecule has 1 aliphatic rings. The van der Waals surface area contributed by atoms with E-state index in [-0.39, 0.29) is 0 Å². The van der Waals surface area contributed by atoms with Crippen LogP contribution in [0.5, 0.6) is 0 Å². The summed E-state index contributed by atoms with van der Waals surface area (Å²) in [6.45, 7) is 8.68. The Morgan fingerprint density at radius 3 is 2.40 bits per heavy atom. The summed E-state index contributed by atoms with van der Waals surface area (Å²) in [5.74, 6) is 2.59. The van der Waals surface area contributed by atoms with Crippen molar-refractivity contribution in [2.45, 2.75) is 47.0 Å². The van der Waals surface area contributed by atoms with Crippen molar-refractivity contribution in [2.75, 3.05) is 0 Å². The Morgan fingerprint density at radius 1 is 1.33 bits per heavy atom. The van der Waals surface area contributed by atoms with Gasteiger partial charge in [0, 0.05) is 5.71 Å². The smallest absolute Gasteiger partial charge is 0.00892 e. The van der Waals surface area contributed by atoms with Gasteiger partial charge in [-0.15, -0.1) is 0 Å². The molecule has 0 spiro atoms. The summed E-state index contributed by atoms with van der Waals surface area (Å²) < 4.78 is 0. The summed E-state index contributed by atoms with van der Waals surface area (Å²) in [4.78, 5) is 0. The maximum atomic E-state index is 7.70. The second kappa shape index (κ2) is 5.48. The fraction of sp³-hybridized carbons (Fsp3) is 0.786. The highest BCUT2D eigenvalue weighted by Crippen LogP contribution is 2.38. The monoisotopic (exact) mass is 207 g/mol. The minimum Gasteiger partial charge on any atom is -0.310 e. The third-order valence-electron chi connectivity index (χ3n) is 4.04. The quantitative estimate of drug-likeness (QED) is 0.496. The van der Waals surface area contributed by atoms with Crippen molar-refractivity contribution in [2.24, 2.45) is 23.7 Å². The zero-order valence-corrected chi connectivity index (χ0v) is 10.6. The largest absolute Gasteiger partial charge is 0.310 e. The van der Waals surface area contributed by atoms with Crippen molar-refractivity contribution in [3.8, 4) is 0 Å². The Morgan fingerprint density at radius 2 is 2.00 bits per heavy atom. The van der Waals surface area contributed by atoms with Crippen LogP contribution in [0.3, 0.4) is 0 Å². The van der Waals surface area contributed by atoms with Crippen molar-refractivity contribution < 1.29 is 0 Å². The number of rotatable bonds is 6. The van der Waals surface area contributed by atoms with Gasteiger partial charge in [0.2, 0.25) is 0 Å². The first kappa shape index (κ1) is 12.5. The second-order valence-electron chi connectivity index (χ2n) is 5.10. The Labute approximate surface area is 94.5 Å². The molecule has 0 aliphatic heterocycles. The molecule has 0 aromatic rings. The molecule has 1 N–H and O–H groups in total. The Bertz CT molecular complexity index is 242. The van der Waals surface area contributed by atoms with Gasteiger partial charge in [-0.25, -0.2) is 0 Å². The molecule has 1 rings (SSSR count). The Balaban J connectivity index is 2.44. The average molecular weight is 207 g/mol.